The van der Waals surface area contributed by atoms with Crippen molar-refractivity contribution in [2.45, 2.75) is 0 Å². The molecule has 5 heterocycles. The van der Waals surface area contributed by atoms with Crippen LogP contribution in [0.2, 0.25) is 0 Å². The minimum Gasteiger partial charge on any atom is -0.455 e. The van der Waals surface area contributed by atoms with Crippen LogP contribution in [-0.2, 0) is 0 Å². The molecule has 0 fully saturated rings. The second-order valence-corrected chi connectivity index (χ2v) is 13.2. The highest BCUT2D eigenvalue weighted by Crippen LogP contribution is 2.43. The first kappa shape index (κ1) is 24.9. The molecular formula is C44H25BN2O. The van der Waals surface area contributed by atoms with Crippen molar-refractivity contribution in [3.05, 3.63) is 152 Å². The lowest BCUT2D eigenvalue weighted by atomic mass is 9.34. The molecule has 0 saturated carbocycles. The maximum absolute atomic E-state index is 6.79. The molecule has 0 spiro atoms. The molecule has 7 aromatic carbocycles. The fourth-order valence-corrected chi connectivity index (χ4v) is 9.06. The summed E-state index contributed by atoms with van der Waals surface area (Å²) in [4.78, 5) is 0. The van der Waals surface area contributed by atoms with Crippen molar-refractivity contribution in [2.24, 2.45) is 0 Å². The Hall–Kier alpha value is -6.26. The van der Waals surface area contributed by atoms with Gasteiger partial charge in [0.2, 0.25) is 0 Å². The quantitative estimate of drug-likeness (QED) is 0.180. The summed E-state index contributed by atoms with van der Waals surface area (Å²) < 4.78 is 11.8. The zero-order chi connectivity index (χ0) is 31.1. The lowest BCUT2D eigenvalue weighted by Gasteiger charge is -2.33. The van der Waals surface area contributed by atoms with Gasteiger partial charge < -0.3 is 13.6 Å². The van der Waals surface area contributed by atoms with Gasteiger partial charge in [0, 0.05) is 65.9 Å². The summed E-state index contributed by atoms with van der Waals surface area (Å²) in [6.45, 7) is 0.152. The Kier molecular flexibility index (Phi) is 4.54. The summed E-state index contributed by atoms with van der Waals surface area (Å²) in [5, 5.41) is 7.43. The Morgan fingerprint density at radius 2 is 0.938 bits per heavy atom. The maximum Gasteiger partial charge on any atom is 0.252 e. The number of nitrogens with zero attached hydrogens (tertiary/aromatic N) is 2. The number of benzene rings is 7. The first-order valence-corrected chi connectivity index (χ1v) is 16.7. The summed E-state index contributed by atoms with van der Waals surface area (Å²) in [7, 11) is 0. The van der Waals surface area contributed by atoms with Crippen LogP contribution in [0.4, 0.5) is 0 Å². The van der Waals surface area contributed by atoms with Gasteiger partial charge in [0.15, 0.2) is 0 Å². The van der Waals surface area contributed by atoms with Crippen LogP contribution in [0.1, 0.15) is 0 Å². The van der Waals surface area contributed by atoms with Gasteiger partial charge in [0.1, 0.15) is 11.5 Å². The molecule has 0 radical (unpaired) electrons. The van der Waals surface area contributed by atoms with E-state index in [2.05, 4.69) is 155 Å². The number of rotatable bonds is 2. The van der Waals surface area contributed by atoms with Crippen LogP contribution in [0.3, 0.4) is 0 Å². The SMILES string of the molecule is c1ccc(-c2oc(-c3ccc4c5cccc6c5n(c4c3)-c3cccc4c3B6c3cccc5c6ccccc6n-4c35)c3ccccc23)cc1. The number of para-hydroxylation sites is 3. The average molecular weight is 609 g/mol. The van der Waals surface area contributed by atoms with Crippen molar-refractivity contribution in [1.82, 2.24) is 9.13 Å². The molecular weight excluding hydrogens is 583 g/mol. The molecule has 10 aromatic rings. The summed E-state index contributed by atoms with van der Waals surface area (Å²) in [5.41, 5.74) is 13.9. The molecule has 0 unspecified atom stereocenters. The highest BCUT2D eigenvalue weighted by molar-refractivity contribution is 7.00. The first-order valence-electron chi connectivity index (χ1n) is 16.7. The monoisotopic (exact) mass is 608 g/mol. The fraction of sp³-hybridized carbons (Fsp3) is 0. The molecule has 0 aliphatic carbocycles. The van der Waals surface area contributed by atoms with Crippen molar-refractivity contribution in [3.63, 3.8) is 0 Å². The summed E-state index contributed by atoms with van der Waals surface area (Å²) >= 11 is 0. The second kappa shape index (κ2) is 8.75. The van der Waals surface area contributed by atoms with Gasteiger partial charge in [-0.15, -0.1) is 0 Å². The number of fused-ring (bicyclic) bond motifs is 11. The van der Waals surface area contributed by atoms with E-state index < -0.39 is 0 Å². The highest BCUT2D eigenvalue weighted by Gasteiger charge is 2.40. The summed E-state index contributed by atoms with van der Waals surface area (Å²) in [6.07, 6.45) is 0. The third kappa shape index (κ3) is 2.93. The molecule has 3 nitrogen and oxygen atoms in total. The van der Waals surface area contributed by atoms with E-state index >= 15 is 0 Å². The average Bonchev–Trinajstić information content (AvgIpc) is 3.81. The van der Waals surface area contributed by atoms with E-state index in [-0.39, 0.29) is 6.71 Å². The van der Waals surface area contributed by atoms with Crippen molar-refractivity contribution in [1.29, 1.82) is 0 Å². The zero-order valence-corrected chi connectivity index (χ0v) is 25.8. The number of hydrogen-bond acceptors (Lipinski definition) is 1. The van der Waals surface area contributed by atoms with E-state index in [0.29, 0.717) is 0 Å². The summed E-state index contributed by atoms with van der Waals surface area (Å²) in [6, 6.07) is 55.4. The molecule has 4 heteroatoms. The first-order chi connectivity index (χ1) is 23.8. The van der Waals surface area contributed by atoms with Crippen LogP contribution >= 0.6 is 0 Å². The minimum atomic E-state index is 0.152. The molecule has 0 saturated heterocycles. The molecule has 0 N–H and O–H groups in total. The van der Waals surface area contributed by atoms with E-state index in [1.807, 2.05) is 6.07 Å². The van der Waals surface area contributed by atoms with Crippen LogP contribution in [0, 0.1) is 0 Å². The molecule has 12 rings (SSSR count). The molecule has 0 atom stereocenters. The van der Waals surface area contributed by atoms with Gasteiger partial charge in [-0.3, -0.25) is 0 Å². The van der Waals surface area contributed by atoms with Gasteiger partial charge in [-0.2, -0.15) is 0 Å². The van der Waals surface area contributed by atoms with Gasteiger partial charge in [0.25, 0.3) is 6.71 Å². The van der Waals surface area contributed by atoms with E-state index in [9.17, 15) is 0 Å². The predicted octanol–water partition coefficient (Wildman–Crippen LogP) is 9.10. The van der Waals surface area contributed by atoms with Gasteiger partial charge in [0.05, 0.1) is 11.0 Å². The smallest absolute Gasteiger partial charge is 0.252 e. The van der Waals surface area contributed by atoms with Crippen molar-refractivity contribution in [2.75, 3.05) is 0 Å². The lowest BCUT2D eigenvalue weighted by Crippen LogP contribution is -2.59. The van der Waals surface area contributed by atoms with Gasteiger partial charge in [-0.05, 0) is 40.7 Å². The maximum atomic E-state index is 6.79. The highest BCUT2D eigenvalue weighted by atomic mass is 16.3. The normalized spacial score (nSPS) is 13.0. The predicted molar refractivity (Wildman–Crippen MR) is 200 cm³/mol. The third-order valence-electron chi connectivity index (χ3n) is 10.9. The molecule has 220 valence electrons. The van der Waals surface area contributed by atoms with Crippen LogP contribution in [-0.4, -0.2) is 15.8 Å². The number of hydrogen-bond donors (Lipinski definition) is 0. The largest absolute Gasteiger partial charge is 0.455 e. The van der Waals surface area contributed by atoms with Gasteiger partial charge >= 0.3 is 0 Å². The van der Waals surface area contributed by atoms with E-state index in [1.165, 1.54) is 71.4 Å². The third-order valence-corrected chi connectivity index (χ3v) is 10.9. The van der Waals surface area contributed by atoms with Crippen LogP contribution in [0.5, 0.6) is 0 Å². The Labute approximate surface area is 276 Å². The molecule has 48 heavy (non-hydrogen) atoms. The van der Waals surface area contributed by atoms with E-state index in [0.717, 1.165) is 33.4 Å². The Morgan fingerprint density at radius 1 is 0.396 bits per heavy atom. The van der Waals surface area contributed by atoms with E-state index in [1.54, 1.807) is 0 Å². The van der Waals surface area contributed by atoms with Crippen LogP contribution in [0.15, 0.2) is 156 Å². The standard InChI is InChI=1S/C44H25BN2O/c1-2-11-26(12-3-1)43-32-14-4-5-15-33(32)44(48-43)27-23-24-29-31-17-9-19-35-42(31)47(39(29)25-27)38-22-10-21-37-40(38)45(35)34-18-8-16-30-28-13-6-7-20-36(28)46(37)41(30)34/h1-25H. The van der Waals surface area contributed by atoms with Crippen molar-refractivity contribution >= 4 is 77.5 Å². The second-order valence-electron chi connectivity index (χ2n) is 13.2. The van der Waals surface area contributed by atoms with Crippen LogP contribution < -0.4 is 16.4 Å². The topological polar surface area (TPSA) is 23.0 Å². The van der Waals surface area contributed by atoms with Crippen LogP contribution in [0.25, 0.3) is 88.4 Å². The molecule has 0 bridgehead atoms. The minimum absolute atomic E-state index is 0.152. The van der Waals surface area contributed by atoms with Gasteiger partial charge in [-0.1, -0.05) is 127 Å². The Bertz CT molecular complexity index is 3010. The van der Waals surface area contributed by atoms with Gasteiger partial charge in [-0.25, -0.2) is 0 Å². The lowest BCUT2D eigenvalue weighted by molar-refractivity contribution is 0.602. The number of furan rings is 1. The molecule has 2 aliphatic heterocycles. The van der Waals surface area contributed by atoms with E-state index in [4.69, 9.17) is 4.42 Å². The fourth-order valence-electron chi connectivity index (χ4n) is 9.06. The van der Waals surface area contributed by atoms with Crippen molar-refractivity contribution in [3.8, 4) is 34.0 Å². The Morgan fingerprint density at radius 3 is 1.65 bits per heavy atom. The zero-order valence-electron chi connectivity index (χ0n) is 25.8. The van der Waals surface area contributed by atoms with Crippen molar-refractivity contribution < 1.29 is 4.42 Å². The molecule has 2 aliphatic rings. The molecule has 0 amide bonds. The number of aromatic nitrogens is 2. The Balaban J connectivity index is 1.18. The summed E-state index contributed by atoms with van der Waals surface area (Å²) in [5.74, 6) is 1.82. The molecule has 3 aromatic heterocycles.